The molecule has 1 aliphatic rings. The summed E-state index contributed by atoms with van der Waals surface area (Å²) in [5.41, 5.74) is 1.27. The number of carbonyl (C=O) groups excluding carboxylic acids is 1. The van der Waals surface area contributed by atoms with E-state index in [-0.39, 0.29) is 16.6 Å². The molecule has 1 amide bonds. The lowest BCUT2D eigenvalue weighted by Gasteiger charge is -2.26. The minimum Gasteiger partial charge on any atom is -0.497 e. The second-order valence-electron chi connectivity index (χ2n) is 6.73. The smallest absolute Gasteiger partial charge is 0.261 e. The van der Waals surface area contributed by atoms with Crippen molar-refractivity contribution in [2.45, 2.75) is 10.1 Å². The van der Waals surface area contributed by atoms with E-state index in [1.807, 2.05) is 0 Å². The topological polar surface area (TPSA) is 111 Å². The zero-order valence-electron chi connectivity index (χ0n) is 16.7. The maximum atomic E-state index is 12.7. The lowest BCUT2D eigenvalue weighted by molar-refractivity contribution is -0.132. The summed E-state index contributed by atoms with van der Waals surface area (Å²) in [6, 6.07) is 11.0. The molecule has 3 aromatic rings. The van der Waals surface area contributed by atoms with Crippen LogP contribution in [0.3, 0.4) is 0 Å². The van der Waals surface area contributed by atoms with E-state index in [0.717, 1.165) is 0 Å². The first-order chi connectivity index (χ1) is 14.9. The number of fused-ring (bicyclic) bond motifs is 1. The lowest BCUT2D eigenvalue weighted by atomic mass is 10.3. The molecular weight excluding hydrogens is 442 g/mol. The van der Waals surface area contributed by atoms with Crippen LogP contribution in [0.15, 0.2) is 57.0 Å². The van der Waals surface area contributed by atoms with Crippen LogP contribution in [0.1, 0.15) is 0 Å². The van der Waals surface area contributed by atoms with Gasteiger partial charge in [-0.2, -0.15) is 0 Å². The fraction of sp³-hybridized carbons (Fsp3) is 0.300. The van der Waals surface area contributed by atoms with E-state index in [9.17, 15) is 13.2 Å². The minimum absolute atomic E-state index is 0.0116. The van der Waals surface area contributed by atoms with Gasteiger partial charge in [-0.15, -0.1) is 0 Å². The van der Waals surface area contributed by atoms with Gasteiger partial charge in [0.2, 0.25) is 5.91 Å². The minimum atomic E-state index is -3.81. The van der Waals surface area contributed by atoms with Crippen molar-refractivity contribution in [2.75, 3.05) is 43.9 Å². The summed E-state index contributed by atoms with van der Waals surface area (Å²) >= 11 is 1.18. The van der Waals surface area contributed by atoms with Gasteiger partial charge in [0, 0.05) is 18.8 Å². The molecule has 0 spiro atoms. The van der Waals surface area contributed by atoms with Gasteiger partial charge in [-0.05, 0) is 42.5 Å². The number of thioether (sulfide) groups is 1. The second kappa shape index (κ2) is 9.16. The van der Waals surface area contributed by atoms with Crippen LogP contribution in [-0.4, -0.2) is 63.4 Å². The first-order valence-corrected chi connectivity index (χ1v) is 12.0. The van der Waals surface area contributed by atoms with Crippen LogP contribution in [-0.2, 0) is 19.6 Å². The Bertz CT molecular complexity index is 1170. The Kier molecular flexibility index (Phi) is 6.35. The number of nitrogens with zero attached hydrogens (tertiary/aromatic N) is 2. The fourth-order valence-corrected chi connectivity index (χ4v) is 4.83. The van der Waals surface area contributed by atoms with Crippen LogP contribution in [0, 0.1) is 0 Å². The zero-order chi connectivity index (χ0) is 21.8. The van der Waals surface area contributed by atoms with Crippen molar-refractivity contribution in [3.05, 3.63) is 42.5 Å². The van der Waals surface area contributed by atoms with Crippen molar-refractivity contribution >= 4 is 44.5 Å². The number of hydrogen-bond acceptors (Lipinski definition) is 8. The molecule has 11 heteroatoms. The normalized spacial score (nSPS) is 14.5. The Morgan fingerprint density at radius 1 is 1.19 bits per heavy atom. The largest absolute Gasteiger partial charge is 0.497 e. The van der Waals surface area contributed by atoms with Gasteiger partial charge in [0.15, 0.2) is 5.58 Å². The van der Waals surface area contributed by atoms with Crippen molar-refractivity contribution in [1.82, 2.24) is 9.88 Å². The Labute approximate surface area is 183 Å². The van der Waals surface area contributed by atoms with Gasteiger partial charge in [0.1, 0.15) is 11.3 Å². The van der Waals surface area contributed by atoms with Gasteiger partial charge in [0.25, 0.3) is 15.2 Å². The number of anilines is 1. The molecule has 1 saturated heterocycles. The van der Waals surface area contributed by atoms with Gasteiger partial charge < -0.3 is 18.8 Å². The summed E-state index contributed by atoms with van der Waals surface area (Å²) in [4.78, 5) is 18.4. The van der Waals surface area contributed by atoms with Crippen LogP contribution in [0.4, 0.5) is 5.69 Å². The molecule has 1 N–H and O–H groups in total. The molecule has 1 aromatic heterocycles. The molecule has 2 heterocycles. The molecule has 1 aliphatic heterocycles. The first-order valence-electron chi connectivity index (χ1n) is 9.50. The molecule has 1 fully saturated rings. The van der Waals surface area contributed by atoms with Crippen LogP contribution in [0.5, 0.6) is 5.75 Å². The molecule has 31 heavy (non-hydrogen) atoms. The third kappa shape index (κ3) is 5.12. The highest BCUT2D eigenvalue weighted by Gasteiger charge is 2.20. The molecule has 4 rings (SSSR count). The summed E-state index contributed by atoms with van der Waals surface area (Å²) in [7, 11) is -2.27. The monoisotopic (exact) mass is 463 g/mol. The van der Waals surface area contributed by atoms with Gasteiger partial charge in [0.05, 0.1) is 31.0 Å². The highest BCUT2D eigenvalue weighted by Crippen LogP contribution is 2.27. The number of methoxy groups -OCH3 is 1. The van der Waals surface area contributed by atoms with Crippen molar-refractivity contribution in [1.29, 1.82) is 0 Å². The highest BCUT2D eigenvalue weighted by atomic mass is 32.2. The molecule has 2 aromatic carbocycles. The van der Waals surface area contributed by atoms with Gasteiger partial charge in [-0.3, -0.25) is 9.52 Å². The standard InChI is InChI=1S/C20H21N3O6S2/c1-27-15-4-2-14(3-5-15)22-31(25,26)16-6-7-18-17(12-16)21-20(29-18)30-13-19(24)23-8-10-28-11-9-23/h2-7,12,22H,8-11,13H2,1H3. The van der Waals surface area contributed by atoms with Crippen LogP contribution in [0.25, 0.3) is 11.1 Å². The average molecular weight is 464 g/mol. The van der Waals surface area contributed by atoms with Crippen molar-refractivity contribution in [3.63, 3.8) is 0 Å². The Morgan fingerprint density at radius 2 is 1.94 bits per heavy atom. The molecule has 9 nitrogen and oxygen atoms in total. The maximum absolute atomic E-state index is 12.7. The Hall–Kier alpha value is -2.76. The summed E-state index contributed by atoms with van der Waals surface area (Å²) < 4.78 is 44.0. The number of oxazole rings is 1. The number of sulfonamides is 1. The number of ether oxygens (including phenoxy) is 2. The van der Waals surface area contributed by atoms with E-state index in [0.29, 0.717) is 54.1 Å². The quantitative estimate of drug-likeness (QED) is 0.532. The molecule has 0 saturated carbocycles. The van der Waals surface area contributed by atoms with Gasteiger partial charge >= 0.3 is 0 Å². The van der Waals surface area contributed by atoms with Crippen molar-refractivity contribution in [3.8, 4) is 5.75 Å². The molecule has 0 radical (unpaired) electrons. The molecular formula is C20H21N3O6S2. The van der Waals surface area contributed by atoms with E-state index < -0.39 is 10.0 Å². The third-order valence-electron chi connectivity index (χ3n) is 4.67. The summed E-state index contributed by atoms with van der Waals surface area (Å²) in [6.07, 6.45) is 0. The van der Waals surface area contributed by atoms with Gasteiger partial charge in [-0.1, -0.05) is 11.8 Å². The zero-order valence-corrected chi connectivity index (χ0v) is 18.4. The van der Waals surface area contributed by atoms with Gasteiger partial charge in [-0.25, -0.2) is 13.4 Å². The predicted molar refractivity (Wildman–Crippen MR) is 116 cm³/mol. The number of rotatable bonds is 7. The predicted octanol–water partition coefficient (Wildman–Crippen LogP) is 2.59. The molecule has 0 bridgehead atoms. The second-order valence-corrected chi connectivity index (χ2v) is 9.33. The number of aromatic nitrogens is 1. The number of amides is 1. The summed E-state index contributed by atoms with van der Waals surface area (Å²) in [5, 5.41) is 0.314. The average Bonchev–Trinajstić information content (AvgIpc) is 3.20. The first kappa shape index (κ1) is 21.5. The molecule has 0 aliphatic carbocycles. The third-order valence-corrected chi connectivity index (χ3v) is 6.87. The molecule has 0 unspecified atom stereocenters. The molecule has 0 atom stereocenters. The Balaban J connectivity index is 1.45. The lowest BCUT2D eigenvalue weighted by Crippen LogP contribution is -2.41. The SMILES string of the molecule is COc1ccc(NS(=O)(=O)c2ccc3oc(SCC(=O)N4CCOCC4)nc3c2)cc1. The fourth-order valence-electron chi connectivity index (χ4n) is 3.02. The highest BCUT2D eigenvalue weighted by molar-refractivity contribution is 7.99. The van der Waals surface area contributed by atoms with E-state index in [4.69, 9.17) is 13.9 Å². The van der Waals surface area contributed by atoms with Crippen LogP contribution < -0.4 is 9.46 Å². The van der Waals surface area contributed by atoms with E-state index in [2.05, 4.69) is 9.71 Å². The number of nitrogens with one attached hydrogen (secondary N) is 1. The Morgan fingerprint density at radius 3 is 2.65 bits per heavy atom. The van der Waals surface area contributed by atoms with Crippen molar-refractivity contribution < 1.29 is 27.1 Å². The summed E-state index contributed by atoms with van der Waals surface area (Å²) in [5.74, 6) is 0.809. The number of hydrogen-bond donors (Lipinski definition) is 1. The van der Waals surface area contributed by atoms with Crippen LogP contribution in [0.2, 0.25) is 0 Å². The number of morpholine rings is 1. The number of benzene rings is 2. The van der Waals surface area contributed by atoms with E-state index in [1.165, 1.54) is 31.0 Å². The molecule has 164 valence electrons. The maximum Gasteiger partial charge on any atom is 0.261 e. The van der Waals surface area contributed by atoms with Crippen LogP contribution >= 0.6 is 11.8 Å². The number of carbonyl (C=O) groups is 1. The van der Waals surface area contributed by atoms with E-state index in [1.54, 1.807) is 35.2 Å². The van der Waals surface area contributed by atoms with E-state index >= 15 is 0 Å². The van der Waals surface area contributed by atoms with Crippen molar-refractivity contribution in [2.24, 2.45) is 0 Å². The summed E-state index contributed by atoms with van der Waals surface area (Å²) in [6.45, 7) is 2.24.